The third-order valence-electron chi connectivity index (χ3n) is 6.03. The molecule has 0 atom stereocenters. The van der Waals surface area contributed by atoms with Gasteiger partial charge in [0.2, 0.25) is 5.91 Å². The number of anilines is 1. The predicted octanol–water partition coefficient (Wildman–Crippen LogP) is 4.75. The van der Waals surface area contributed by atoms with Crippen LogP contribution < -0.4 is 4.90 Å². The van der Waals surface area contributed by atoms with E-state index >= 15 is 0 Å². The monoisotopic (exact) mass is 524 g/mol. The molecule has 0 spiro atoms. The largest absolute Gasteiger partial charge is 0.368 e. The Labute approximate surface area is 217 Å². The molecule has 7 nitrogen and oxygen atoms in total. The molecule has 0 N–H and O–H groups in total. The summed E-state index contributed by atoms with van der Waals surface area (Å²) in [6.07, 6.45) is 1.80. The summed E-state index contributed by atoms with van der Waals surface area (Å²) < 4.78 is 1.97. The van der Waals surface area contributed by atoms with E-state index in [2.05, 4.69) is 32.2 Å². The second-order valence-corrected chi connectivity index (χ2v) is 10.6. The Morgan fingerprint density at radius 2 is 1.80 bits per heavy atom. The van der Waals surface area contributed by atoms with Crippen LogP contribution >= 0.6 is 35.1 Å². The van der Waals surface area contributed by atoms with Crippen molar-refractivity contribution in [3.8, 4) is 0 Å². The highest BCUT2D eigenvalue weighted by Crippen LogP contribution is 2.31. The van der Waals surface area contributed by atoms with Gasteiger partial charge in [0.1, 0.15) is 5.82 Å². The van der Waals surface area contributed by atoms with Crippen molar-refractivity contribution < 1.29 is 4.79 Å². The molecule has 3 heterocycles. The van der Waals surface area contributed by atoms with Crippen LogP contribution in [0.5, 0.6) is 0 Å². The van der Waals surface area contributed by atoms with Crippen LogP contribution in [-0.2, 0) is 17.6 Å². The maximum atomic E-state index is 12.8. The van der Waals surface area contributed by atoms with Crippen LogP contribution in [0, 0.1) is 0 Å². The van der Waals surface area contributed by atoms with Crippen LogP contribution in [0.15, 0.2) is 70.8 Å². The van der Waals surface area contributed by atoms with Crippen molar-refractivity contribution in [2.75, 3.05) is 36.8 Å². The van der Waals surface area contributed by atoms with Gasteiger partial charge in [-0.1, -0.05) is 47.6 Å². The number of hydrogen-bond donors (Lipinski definition) is 0. The number of nitrogens with zero attached hydrogens (tertiary/aromatic N) is 6. The molecule has 10 heteroatoms. The summed E-state index contributed by atoms with van der Waals surface area (Å²) in [5.41, 5.74) is 2.09. The Bertz CT molecular complexity index is 1320. The Kier molecular flexibility index (Phi) is 7.46. The lowest BCUT2D eigenvalue weighted by molar-refractivity contribution is -0.128. The number of halogens is 1. The lowest BCUT2D eigenvalue weighted by Crippen LogP contribution is -2.49. The van der Waals surface area contributed by atoms with E-state index in [0.29, 0.717) is 16.5 Å². The molecule has 4 aromatic rings. The number of aromatic nitrogens is 4. The van der Waals surface area contributed by atoms with Gasteiger partial charge < -0.3 is 14.4 Å². The van der Waals surface area contributed by atoms with Gasteiger partial charge >= 0.3 is 0 Å². The molecule has 1 amide bonds. The number of piperazine rings is 1. The van der Waals surface area contributed by atoms with E-state index in [1.54, 1.807) is 18.0 Å². The van der Waals surface area contributed by atoms with E-state index < -0.39 is 0 Å². The number of fused-ring (bicyclic) bond motifs is 1. The zero-order chi connectivity index (χ0) is 24.2. The van der Waals surface area contributed by atoms with E-state index in [1.807, 2.05) is 59.0 Å². The molecule has 2 aromatic carbocycles. The van der Waals surface area contributed by atoms with Crippen LogP contribution in [0.4, 0.5) is 5.69 Å². The molecular weight excluding hydrogens is 500 g/mol. The van der Waals surface area contributed by atoms with E-state index in [-0.39, 0.29) is 5.91 Å². The number of thioether (sulfide) groups is 2. The average Bonchev–Trinajstić information content (AvgIpc) is 3.25. The molecule has 180 valence electrons. The molecule has 35 heavy (non-hydrogen) atoms. The average molecular weight is 525 g/mol. The highest BCUT2D eigenvalue weighted by molar-refractivity contribution is 7.99. The predicted molar refractivity (Wildman–Crippen MR) is 143 cm³/mol. The van der Waals surface area contributed by atoms with E-state index in [1.165, 1.54) is 17.4 Å². The van der Waals surface area contributed by atoms with Gasteiger partial charge in [-0.05, 0) is 30.3 Å². The van der Waals surface area contributed by atoms with E-state index in [0.717, 1.165) is 53.0 Å². The SMILES string of the molecule is Cn1c(CSc2ccnc3cc(Cl)ccc23)nnc1SCC(=O)N1CCN(c2ccccc2)CC1. The summed E-state index contributed by atoms with van der Waals surface area (Å²) in [7, 11) is 1.95. The summed E-state index contributed by atoms with van der Waals surface area (Å²) in [4.78, 5) is 22.6. The standard InChI is InChI=1S/C25H25ClN6OS2/c1-30-23(16-34-22-9-10-27-21-15-18(26)7-8-20(21)22)28-29-25(30)35-17-24(33)32-13-11-31(12-14-32)19-5-3-2-4-6-19/h2-10,15H,11-14,16-17H2,1H3. The van der Waals surface area contributed by atoms with E-state index in [4.69, 9.17) is 11.6 Å². The van der Waals surface area contributed by atoms with Crippen LogP contribution in [0.1, 0.15) is 5.82 Å². The van der Waals surface area contributed by atoms with Crippen molar-refractivity contribution in [1.29, 1.82) is 0 Å². The number of para-hydroxylation sites is 1. The number of benzene rings is 2. The first-order valence-electron chi connectivity index (χ1n) is 11.3. The molecule has 1 saturated heterocycles. The second kappa shape index (κ2) is 10.9. The zero-order valence-electron chi connectivity index (χ0n) is 19.3. The molecule has 0 radical (unpaired) electrons. The molecule has 0 saturated carbocycles. The fourth-order valence-electron chi connectivity index (χ4n) is 4.03. The van der Waals surface area contributed by atoms with Gasteiger partial charge in [0.15, 0.2) is 5.16 Å². The zero-order valence-corrected chi connectivity index (χ0v) is 21.7. The molecule has 1 aliphatic heterocycles. The minimum Gasteiger partial charge on any atom is -0.368 e. The van der Waals surface area contributed by atoms with Gasteiger partial charge in [-0.25, -0.2) is 0 Å². The molecule has 0 bridgehead atoms. The highest BCUT2D eigenvalue weighted by atomic mass is 35.5. The van der Waals surface area contributed by atoms with Crippen LogP contribution in [0.3, 0.4) is 0 Å². The lowest BCUT2D eigenvalue weighted by atomic mass is 10.2. The van der Waals surface area contributed by atoms with Crippen LogP contribution in [0.2, 0.25) is 5.02 Å². The first-order chi connectivity index (χ1) is 17.1. The number of carbonyl (C=O) groups excluding carboxylic acids is 1. The first-order valence-corrected chi connectivity index (χ1v) is 13.7. The lowest BCUT2D eigenvalue weighted by Gasteiger charge is -2.36. The Balaban J connectivity index is 1.14. The van der Waals surface area contributed by atoms with Gasteiger partial charge in [0.25, 0.3) is 0 Å². The van der Waals surface area contributed by atoms with Gasteiger partial charge in [-0.2, -0.15) is 0 Å². The Hall–Kier alpha value is -2.75. The summed E-state index contributed by atoms with van der Waals surface area (Å²) in [5.74, 6) is 2.03. The third-order valence-corrected chi connectivity index (χ3v) is 8.33. The number of carbonyl (C=O) groups is 1. The smallest absolute Gasteiger partial charge is 0.233 e. The van der Waals surface area contributed by atoms with Gasteiger partial charge in [-0.15, -0.1) is 22.0 Å². The van der Waals surface area contributed by atoms with Crippen LogP contribution in [0.25, 0.3) is 10.9 Å². The number of hydrogen-bond acceptors (Lipinski definition) is 7. The summed E-state index contributed by atoms with van der Waals surface area (Å²) in [5, 5.41) is 11.2. The second-order valence-electron chi connectivity index (χ2n) is 8.21. The fourth-order valence-corrected chi connectivity index (χ4v) is 6.05. The molecule has 5 rings (SSSR count). The molecule has 0 unspecified atom stereocenters. The minimum absolute atomic E-state index is 0.142. The minimum atomic E-state index is 0.142. The molecule has 1 aliphatic rings. The maximum absolute atomic E-state index is 12.8. The van der Waals surface area contributed by atoms with Crippen molar-refractivity contribution in [2.24, 2.45) is 7.05 Å². The van der Waals surface area contributed by atoms with E-state index in [9.17, 15) is 4.79 Å². The van der Waals surface area contributed by atoms with Crippen LogP contribution in [-0.4, -0.2) is 62.5 Å². The maximum Gasteiger partial charge on any atom is 0.233 e. The summed E-state index contributed by atoms with van der Waals surface area (Å²) in [6, 6.07) is 18.1. The summed E-state index contributed by atoms with van der Waals surface area (Å²) >= 11 is 9.23. The Morgan fingerprint density at radius 3 is 2.60 bits per heavy atom. The summed E-state index contributed by atoms with van der Waals surface area (Å²) in [6.45, 7) is 3.17. The normalized spacial score (nSPS) is 14.0. The molecule has 2 aromatic heterocycles. The van der Waals surface area contributed by atoms with Crippen molar-refractivity contribution in [1.82, 2.24) is 24.6 Å². The fraction of sp³-hybridized carbons (Fsp3) is 0.280. The number of pyridine rings is 1. The van der Waals surface area contributed by atoms with Crippen molar-refractivity contribution in [3.63, 3.8) is 0 Å². The number of rotatable bonds is 7. The quantitative estimate of drug-likeness (QED) is 0.323. The van der Waals surface area contributed by atoms with Crippen molar-refractivity contribution >= 4 is 57.6 Å². The Morgan fingerprint density at radius 1 is 1.00 bits per heavy atom. The highest BCUT2D eigenvalue weighted by Gasteiger charge is 2.22. The van der Waals surface area contributed by atoms with Gasteiger partial charge in [-0.3, -0.25) is 9.78 Å². The molecular formula is C25H25ClN6OS2. The molecule has 0 aliphatic carbocycles. The number of amides is 1. The van der Waals surface area contributed by atoms with Crippen molar-refractivity contribution in [2.45, 2.75) is 15.8 Å². The van der Waals surface area contributed by atoms with Crippen molar-refractivity contribution in [3.05, 3.63) is 71.6 Å². The first kappa shape index (κ1) is 24.0. The topological polar surface area (TPSA) is 67.2 Å². The molecule has 1 fully saturated rings. The van der Waals surface area contributed by atoms with Gasteiger partial charge in [0.05, 0.1) is 17.0 Å². The van der Waals surface area contributed by atoms with Gasteiger partial charge in [0, 0.05) is 60.4 Å². The third kappa shape index (κ3) is 5.58.